The third-order valence-corrected chi connectivity index (χ3v) is 5.79. The minimum absolute atomic E-state index is 0.0663. The molecule has 0 radical (unpaired) electrons. The van der Waals surface area contributed by atoms with Gasteiger partial charge in [0, 0.05) is 30.1 Å². The van der Waals surface area contributed by atoms with E-state index in [1.54, 1.807) is 14.2 Å². The van der Waals surface area contributed by atoms with Crippen molar-refractivity contribution in [2.24, 2.45) is 11.7 Å². The topological polar surface area (TPSA) is 85.0 Å². The summed E-state index contributed by atoms with van der Waals surface area (Å²) in [5, 5.41) is 11.2. The van der Waals surface area contributed by atoms with Gasteiger partial charge in [0.05, 0.1) is 26.4 Å². The summed E-state index contributed by atoms with van der Waals surface area (Å²) in [6, 6.07) is 5.65. The summed E-state index contributed by atoms with van der Waals surface area (Å²) in [5.74, 6) is 1.15. The fraction of sp³-hybridized carbons (Fsp3) is 0.632. The van der Waals surface area contributed by atoms with Crippen molar-refractivity contribution in [1.82, 2.24) is 4.90 Å². The molecule has 1 aliphatic carbocycles. The first-order valence-corrected chi connectivity index (χ1v) is 8.95. The lowest BCUT2D eigenvalue weighted by Gasteiger charge is -2.52. The molecule has 1 saturated heterocycles. The van der Waals surface area contributed by atoms with Gasteiger partial charge in [-0.2, -0.15) is 0 Å². The molecule has 138 valence electrons. The Labute approximate surface area is 148 Å². The zero-order valence-electron chi connectivity index (χ0n) is 15.0. The Morgan fingerprint density at radius 1 is 1.32 bits per heavy atom. The van der Waals surface area contributed by atoms with E-state index in [0.717, 1.165) is 37.0 Å². The number of carbonyl (C=O) groups is 1. The van der Waals surface area contributed by atoms with E-state index in [2.05, 4.69) is 4.90 Å². The van der Waals surface area contributed by atoms with Crippen LogP contribution in [0.4, 0.5) is 0 Å². The molecule has 1 aromatic carbocycles. The quantitative estimate of drug-likeness (QED) is 0.848. The Bertz CT molecular complexity index is 636. The van der Waals surface area contributed by atoms with Crippen molar-refractivity contribution in [2.75, 3.05) is 27.3 Å². The van der Waals surface area contributed by atoms with Crippen LogP contribution in [0.15, 0.2) is 18.2 Å². The number of nitrogens with zero attached hydrogens (tertiary/aromatic N) is 1. The lowest BCUT2D eigenvalue weighted by atomic mass is 9.66. The van der Waals surface area contributed by atoms with Crippen LogP contribution in [-0.4, -0.2) is 48.8 Å². The van der Waals surface area contributed by atoms with E-state index in [4.69, 9.17) is 15.2 Å². The van der Waals surface area contributed by atoms with Crippen molar-refractivity contribution in [3.63, 3.8) is 0 Å². The van der Waals surface area contributed by atoms with Crippen molar-refractivity contribution >= 4 is 5.91 Å². The van der Waals surface area contributed by atoms with Crippen LogP contribution in [0.1, 0.15) is 43.7 Å². The van der Waals surface area contributed by atoms with E-state index >= 15 is 0 Å². The predicted octanol–water partition coefficient (Wildman–Crippen LogP) is 1.86. The second kappa shape index (κ2) is 7.22. The van der Waals surface area contributed by atoms with Crippen molar-refractivity contribution in [2.45, 2.75) is 43.7 Å². The van der Waals surface area contributed by atoms with Gasteiger partial charge >= 0.3 is 0 Å². The number of rotatable bonds is 5. The van der Waals surface area contributed by atoms with Gasteiger partial charge in [-0.3, -0.25) is 9.69 Å². The number of nitrogens with two attached hydrogens (primary N) is 1. The second-order valence-electron chi connectivity index (χ2n) is 7.20. The van der Waals surface area contributed by atoms with Gasteiger partial charge in [0.15, 0.2) is 0 Å². The fourth-order valence-electron chi connectivity index (χ4n) is 4.60. The molecule has 3 atom stereocenters. The zero-order valence-corrected chi connectivity index (χ0v) is 15.0. The van der Waals surface area contributed by atoms with Gasteiger partial charge < -0.3 is 20.3 Å². The molecule has 2 fully saturated rings. The molecule has 6 nitrogen and oxygen atoms in total. The van der Waals surface area contributed by atoms with Gasteiger partial charge in [-0.05, 0) is 25.3 Å². The van der Waals surface area contributed by atoms with Gasteiger partial charge in [-0.1, -0.05) is 18.9 Å². The molecule has 0 spiro atoms. The number of benzene rings is 1. The predicted molar refractivity (Wildman–Crippen MR) is 94.6 cm³/mol. The van der Waals surface area contributed by atoms with Gasteiger partial charge in [-0.25, -0.2) is 0 Å². The first-order chi connectivity index (χ1) is 12.0. The summed E-state index contributed by atoms with van der Waals surface area (Å²) in [6.07, 6.45) is 4.57. The number of piperidine rings is 1. The zero-order chi connectivity index (χ0) is 18.0. The maximum atomic E-state index is 11.6. The van der Waals surface area contributed by atoms with E-state index in [1.807, 2.05) is 18.2 Å². The van der Waals surface area contributed by atoms with Crippen LogP contribution >= 0.6 is 0 Å². The Balaban J connectivity index is 2.04. The van der Waals surface area contributed by atoms with E-state index in [-0.39, 0.29) is 24.4 Å². The summed E-state index contributed by atoms with van der Waals surface area (Å²) in [7, 11) is 3.25. The van der Waals surface area contributed by atoms with Crippen molar-refractivity contribution in [3.05, 3.63) is 23.8 Å². The lowest BCUT2D eigenvalue weighted by molar-refractivity contribution is -0.136. The molecule has 3 N–H and O–H groups in total. The van der Waals surface area contributed by atoms with Crippen LogP contribution in [0.5, 0.6) is 11.5 Å². The minimum Gasteiger partial charge on any atom is -0.497 e. The van der Waals surface area contributed by atoms with Crippen LogP contribution < -0.4 is 15.2 Å². The van der Waals surface area contributed by atoms with Gasteiger partial charge in [0.25, 0.3) is 0 Å². The molecule has 0 bridgehead atoms. The van der Waals surface area contributed by atoms with Gasteiger partial charge in [0.1, 0.15) is 11.5 Å². The Hall–Kier alpha value is -1.79. The number of hydrogen-bond acceptors (Lipinski definition) is 5. The SMILES string of the molecule is COc1ccc([C@H]2[C@@H]3CCCC[C@@]3(O)CCN2CC(N)=O)c(OC)c1. The summed E-state index contributed by atoms with van der Waals surface area (Å²) >= 11 is 0. The Kier molecular flexibility index (Phi) is 5.20. The average molecular weight is 348 g/mol. The largest absolute Gasteiger partial charge is 0.497 e. The Morgan fingerprint density at radius 3 is 2.80 bits per heavy atom. The second-order valence-corrected chi connectivity index (χ2v) is 7.20. The third-order valence-electron chi connectivity index (χ3n) is 5.79. The number of fused-ring (bicyclic) bond motifs is 1. The standard InChI is InChI=1S/C19H28N2O4/c1-24-13-6-7-14(16(11-13)25-2)18-15-5-3-4-8-19(15,23)9-10-21(18)12-17(20)22/h6-7,11,15,18,23H,3-5,8-10,12H2,1-2H3,(H2,20,22)/t15-,18-,19+/m0/s1. The number of amides is 1. The van der Waals surface area contributed by atoms with Crippen LogP contribution in [0.2, 0.25) is 0 Å². The average Bonchev–Trinajstić information content (AvgIpc) is 2.61. The molecule has 1 saturated carbocycles. The molecule has 1 heterocycles. The molecule has 3 rings (SSSR count). The molecule has 1 aromatic rings. The molecule has 0 aromatic heterocycles. The molecule has 0 unspecified atom stereocenters. The first kappa shape index (κ1) is 18.0. The van der Waals surface area contributed by atoms with Crippen molar-refractivity contribution in [1.29, 1.82) is 0 Å². The number of likely N-dealkylation sites (tertiary alicyclic amines) is 1. The number of hydrogen-bond donors (Lipinski definition) is 2. The first-order valence-electron chi connectivity index (χ1n) is 8.95. The van der Waals surface area contributed by atoms with Gasteiger partial charge in [0.2, 0.25) is 5.91 Å². The number of carbonyl (C=O) groups excluding carboxylic acids is 1. The van der Waals surface area contributed by atoms with Crippen LogP contribution in [0.3, 0.4) is 0 Å². The molecular formula is C19H28N2O4. The minimum atomic E-state index is -0.679. The summed E-state index contributed by atoms with van der Waals surface area (Å²) in [6.45, 7) is 0.836. The van der Waals surface area contributed by atoms with Crippen LogP contribution in [-0.2, 0) is 4.79 Å². The highest BCUT2D eigenvalue weighted by molar-refractivity contribution is 5.76. The van der Waals surface area contributed by atoms with E-state index in [9.17, 15) is 9.90 Å². The maximum absolute atomic E-state index is 11.6. The number of aliphatic hydroxyl groups is 1. The van der Waals surface area contributed by atoms with E-state index in [0.29, 0.717) is 18.7 Å². The molecule has 2 aliphatic rings. The highest BCUT2D eigenvalue weighted by atomic mass is 16.5. The maximum Gasteiger partial charge on any atom is 0.231 e. The monoisotopic (exact) mass is 348 g/mol. The fourth-order valence-corrected chi connectivity index (χ4v) is 4.60. The highest BCUT2D eigenvalue weighted by Crippen LogP contribution is 2.51. The summed E-state index contributed by atoms with van der Waals surface area (Å²) in [4.78, 5) is 13.7. The lowest BCUT2D eigenvalue weighted by Crippen LogP contribution is -2.56. The summed E-state index contributed by atoms with van der Waals surface area (Å²) in [5.41, 5.74) is 5.79. The molecular weight excluding hydrogens is 320 g/mol. The smallest absolute Gasteiger partial charge is 0.231 e. The van der Waals surface area contributed by atoms with E-state index in [1.165, 1.54) is 0 Å². The molecule has 6 heteroatoms. The van der Waals surface area contributed by atoms with Crippen molar-refractivity contribution < 1.29 is 19.4 Å². The van der Waals surface area contributed by atoms with Crippen LogP contribution in [0.25, 0.3) is 0 Å². The normalized spacial score (nSPS) is 29.7. The number of methoxy groups -OCH3 is 2. The molecule has 1 aliphatic heterocycles. The van der Waals surface area contributed by atoms with Crippen molar-refractivity contribution in [3.8, 4) is 11.5 Å². The molecule has 25 heavy (non-hydrogen) atoms. The number of primary amides is 1. The molecule has 1 amide bonds. The third kappa shape index (κ3) is 3.46. The van der Waals surface area contributed by atoms with E-state index < -0.39 is 5.60 Å². The van der Waals surface area contributed by atoms with Gasteiger partial charge in [-0.15, -0.1) is 0 Å². The Morgan fingerprint density at radius 2 is 2.12 bits per heavy atom. The van der Waals surface area contributed by atoms with Crippen LogP contribution in [0, 0.1) is 5.92 Å². The summed E-state index contributed by atoms with van der Waals surface area (Å²) < 4.78 is 10.9. The highest BCUT2D eigenvalue weighted by Gasteiger charge is 2.49. The number of ether oxygens (including phenoxy) is 2.